The van der Waals surface area contributed by atoms with Crippen LogP contribution in [-0.4, -0.2) is 12.6 Å². The summed E-state index contributed by atoms with van der Waals surface area (Å²) in [7, 11) is 0. The number of carbonyl (C=O) groups is 2. The third-order valence-electron chi connectivity index (χ3n) is 1.80. The van der Waals surface area contributed by atoms with Gasteiger partial charge in [0.05, 0.1) is 5.56 Å². The fourth-order valence-electron chi connectivity index (χ4n) is 1.07. The number of halogens is 2. The second kappa shape index (κ2) is 5.14. The maximum atomic E-state index is 13.4. The Morgan fingerprint density at radius 1 is 1.20 bits per heavy atom. The molecule has 1 rings (SSSR count). The van der Waals surface area contributed by atoms with E-state index in [0.717, 1.165) is 6.07 Å². The van der Waals surface area contributed by atoms with Gasteiger partial charge in [0.15, 0.2) is 6.29 Å². The lowest BCUT2D eigenvalue weighted by Gasteiger charge is -2.00. The lowest BCUT2D eigenvalue weighted by Crippen LogP contribution is -1.96. The van der Waals surface area contributed by atoms with E-state index in [1.165, 1.54) is 18.2 Å². The normalized spacial score (nSPS) is 10.5. The van der Waals surface area contributed by atoms with Gasteiger partial charge >= 0.3 is 0 Å². The van der Waals surface area contributed by atoms with Gasteiger partial charge in [-0.05, 0) is 12.1 Å². The molecule has 1 aromatic rings. The van der Waals surface area contributed by atoms with Crippen molar-refractivity contribution in [1.82, 2.24) is 0 Å². The van der Waals surface area contributed by atoms with Crippen LogP contribution >= 0.6 is 0 Å². The van der Waals surface area contributed by atoms with Crippen molar-refractivity contribution >= 4 is 18.6 Å². The third-order valence-corrected chi connectivity index (χ3v) is 1.80. The molecule has 0 aromatic heterocycles. The van der Waals surface area contributed by atoms with Gasteiger partial charge < -0.3 is 4.79 Å². The number of hydrogen-bond acceptors (Lipinski definition) is 2. The average molecular weight is 210 g/mol. The summed E-state index contributed by atoms with van der Waals surface area (Å²) < 4.78 is 26.2. The highest BCUT2D eigenvalue weighted by Gasteiger charge is 2.10. The van der Waals surface area contributed by atoms with Gasteiger partial charge in [0.2, 0.25) is 0 Å². The SMILES string of the molecule is O=CCC=Cc1ccc(F)c(C=O)c1F. The molecule has 0 amide bonds. The zero-order valence-electron chi connectivity index (χ0n) is 7.74. The lowest BCUT2D eigenvalue weighted by molar-refractivity contribution is -0.107. The van der Waals surface area contributed by atoms with Crippen molar-refractivity contribution in [2.75, 3.05) is 0 Å². The number of rotatable bonds is 4. The standard InChI is InChI=1S/C11H8F2O2/c12-10-5-4-8(3-1-2-6-14)11(13)9(10)7-15/h1,3-7H,2H2. The molecule has 2 nitrogen and oxygen atoms in total. The number of aldehydes is 2. The quantitative estimate of drug-likeness (QED) is 0.715. The fraction of sp³-hybridized carbons (Fsp3) is 0.0909. The summed E-state index contributed by atoms with van der Waals surface area (Å²) in [6.45, 7) is 0. The summed E-state index contributed by atoms with van der Waals surface area (Å²) in [5.41, 5.74) is -0.511. The van der Waals surface area contributed by atoms with Crippen LogP contribution in [0.1, 0.15) is 22.3 Å². The van der Waals surface area contributed by atoms with Crippen LogP contribution in [0, 0.1) is 11.6 Å². The predicted molar refractivity (Wildman–Crippen MR) is 51.5 cm³/mol. The minimum atomic E-state index is -0.910. The summed E-state index contributed by atoms with van der Waals surface area (Å²) in [4.78, 5) is 20.4. The van der Waals surface area contributed by atoms with Gasteiger partial charge in [-0.1, -0.05) is 12.2 Å². The Morgan fingerprint density at radius 3 is 2.53 bits per heavy atom. The van der Waals surface area contributed by atoms with E-state index in [1.54, 1.807) is 0 Å². The Kier molecular flexibility index (Phi) is 3.85. The molecule has 0 aliphatic heterocycles. The van der Waals surface area contributed by atoms with E-state index >= 15 is 0 Å². The van der Waals surface area contributed by atoms with Gasteiger partial charge in [0.25, 0.3) is 0 Å². The molecule has 0 atom stereocenters. The molecule has 15 heavy (non-hydrogen) atoms. The predicted octanol–water partition coefficient (Wildman–Crippen LogP) is 2.38. The van der Waals surface area contributed by atoms with Crippen LogP contribution in [0.25, 0.3) is 6.08 Å². The van der Waals surface area contributed by atoms with Crippen molar-refractivity contribution in [3.8, 4) is 0 Å². The van der Waals surface area contributed by atoms with Crippen molar-refractivity contribution in [1.29, 1.82) is 0 Å². The first-order valence-corrected chi connectivity index (χ1v) is 4.24. The molecule has 0 bridgehead atoms. The highest BCUT2D eigenvalue weighted by molar-refractivity contribution is 5.77. The summed E-state index contributed by atoms with van der Waals surface area (Å²) in [6, 6.07) is 2.21. The van der Waals surface area contributed by atoms with Crippen LogP contribution in [0.5, 0.6) is 0 Å². The van der Waals surface area contributed by atoms with E-state index in [1.807, 2.05) is 0 Å². The molecule has 1 aromatic carbocycles. The smallest absolute Gasteiger partial charge is 0.155 e. The van der Waals surface area contributed by atoms with E-state index < -0.39 is 17.2 Å². The fourth-order valence-corrected chi connectivity index (χ4v) is 1.07. The Hall–Kier alpha value is -1.84. The third kappa shape index (κ3) is 2.56. The Bertz CT molecular complexity index is 411. The zero-order valence-corrected chi connectivity index (χ0v) is 7.74. The second-order valence-electron chi connectivity index (χ2n) is 2.79. The van der Waals surface area contributed by atoms with Gasteiger partial charge in [-0.25, -0.2) is 8.78 Å². The van der Waals surface area contributed by atoms with Crippen LogP contribution in [0.15, 0.2) is 18.2 Å². The minimum Gasteiger partial charge on any atom is -0.303 e. The molecule has 0 fully saturated rings. The summed E-state index contributed by atoms with van der Waals surface area (Å²) in [5.74, 6) is -1.80. The average Bonchev–Trinajstić information content (AvgIpc) is 2.22. The van der Waals surface area contributed by atoms with Crippen LogP contribution < -0.4 is 0 Å². The van der Waals surface area contributed by atoms with E-state index in [4.69, 9.17) is 0 Å². The van der Waals surface area contributed by atoms with Crippen LogP contribution in [0.2, 0.25) is 0 Å². The number of allylic oxidation sites excluding steroid dienone is 1. The summed E-state index contributed by atoms with van der Waals surface area (Å²) in [5, 5.41) is 0. The zero-order chi connectivity index (χ0) is 11.3. The molecule has 0 radical (unpaired) electrons. The highest BCUT2D eigenvalue weighted by Crippen LogP contribution is 2.16. The lowest BCUT2D eigenvalue weighted by atomic mass is 10.1. The molecule has 0 unspecified atom stereocenters. The van der Waals surface area contributed by atoms with Gasteiger partial charge in [0, 0.05) is 12.0 Å². The van der Waals surface area contributed by atoms with Crippen molar-refractivity contribution in [3.63, 3.8) is 0 Å². The first-order valence-electron chi connectivity index (χ1n) is 4.24. The van der Waals surface area contributed by atoms with Gasteiger partial charge in [-0.15, -0.1) is 0 Å². The molecule has 78 valence electrons. The van der Waals surface area contributed by atoms with Crippen LogP contribution in [-0.2, 0) is 4.79 Å². The van der Waals surface area contributed by atoms with E-state index in [0.29, 0.717) is 6.29 Å². The molecular weight excluding hydrogens is 202 g/mol. The molecule has 0 aliphatic carbocycles. The molecule has 4 heteroatoms. The van der Waals surface area contributed by atoms with Gasteiger partial charge in [-0.2, -0.15) is 0 Å². The number of hydrogen-bond donors (Lipinski definition) is 0. The van der Waals surface area contributed by atoms with Crippen LogP contribution in [0.4, 0.5) is 8.78 Å². The Morgan fingerprint density at radius 2 is 1.93 bits per heavy atom. The first-order chi connectivity index (χ1) is 7.20. The van der Waals surface area contributed by atoms with E-state index in [-0.39, 0.29) is 18.3 Å². The molecule has 0 N–H and O–H groups in total. The molecule has 0 saturated heterocycles. The van der Waals surface area contributed by atoms with E-state index in [9.17, 15) is 18.4 Å². The van der Waals surface area contributed by atoms with Crippen molar-refractivity contribution in [3.05, 3.63) is 41.0 Å². The van der Waals surface area contributed by atoms with Crippen molar-refractivity contribution in [2.45, 2.75) is 6.42 Å². The molecule has 0 heterocycles. The number of carbonyl (C=O) groups excluding carboxylic acids is 2. The van der Waals surface area contributed by atoms with Crippen molar-refractivity contribution in [2.24, 2.45) is 0 Å². The van der Waals surface area contributed by atoms with Gasteiger partial charge in [-0.3, -0.25) is 4.79 Å². The largest absolute Gasteiger partial charge is 0.303 e. The molecular formula is C11H8F2O2. The Labute approximate surface area is 85.2 Å². The topological polar surface area (TPSA) is 34.1 Å². The summed E-state index contributed by atoms with van der Waals surface area (Å²) >= 11 is 0. The van der Waals surface area contributed by atoms with Gasteiger partial charge in [0.1, 0.15) is 17.9 Å². The van der Waals surface area contributed by atoms with E-state index in [2.05, 4.69) is 0 Å². The first kappa shape index (κ1) is 11.2. The molecule has 0 spiro atoms. The van der Waals surface area contributed by atoms with Crippen LogP contribution in [0.3, 0.4) is 0 Å². The minimum absolute atomic E-state index is 0.0837. The highest BCUT2D eigenvalue weighted by atomic mass is 19.1. The molecule has 0 saturated carbocycles. The monoisotopic (exact) mass is 210 g/mol. The maximum absolute atomic E-state index is 13.4. The Balaban J connectivity index is 3.10. The van der Waals surface area contributed by atoms with Crippen molar-refractivity contribution < 1.29 is 18.4 Å². The maximum Gasteiger partial charge on any atom is 0.155 e. The number of benzene rings is 1. The second-order valence-corrected chi connectivity index (χ2v) is 2.79. The molecule has 0 aliphatic rings. The summed E-state index contributed by atoms with van der Waals surface area (Å²) in [6.07, 6.45) is 3.68.